The van der Waals surface area contributed by atoms with Crippen molar-refractivity contribution in [1.29, 1.82) is 0 Å². The summed E-state index contributed by atoms with van der Waals surface area (Å²) < 4.78 is 16.3. The normalized spacial score (nSPS) is 10.3. The summed E-state index contributed by atoms with van der Waals surface area (Å²) in [4.78, 5) is 12.5. The first-order valence-electron chi connectivity index (χ1n) is 8.17. The first-order valence-corrected chi connectivity index (χ1v) is 8.17. The van der Waals surface area contributed by atoms with Crippen LogP contribution in [0.4, 0.5) is 0 Å². The molecule has 2 aromatic carbocycles. The minimum atomic E-state index is -0.255. The number of carbonyl (C=O) groups is 1. The number of benzene rings is 2. The summed E-state index contributed by atoms with van der Waals surface area (Å²) in [6, 6.07) is 9.36. The Bertz CT molecular complexity index is 733. The Kier molecular flexibility index (Phi) is 6.28. The molecule has 0 aliphatic carbocycles. The van der Waals surface area contributed by atoms with Gasteiger partial charge in [-0.25, -0.2) is 0 Å². The molecule has 1 N–H and O–H groups in total. The first-order chi connectivity index (χ1) is 12.0. The molecule has 25 heavy (non-hydrogen) atoms. The predicted molar refractivity (Wildman–Crippen MR) is 98.0 cm³/mol. The van der Waals surface area contributed by atoms with Crippen LogP contribution in [0, 0.1) is 20.8 Å². The van der Waals surface area contributed by atoms with E-state index < -0.39 is 0 Å². The van der Waals surface area contributed by atoms with Crippen molar-refractivity contribution in [3.05, 3.63) is 52.6 Å². The lowest BCUT2D eigenvalue weighted by Crippen LogP contribution is -2.29. The van der Waals surface area contributed by atoms with Crippen molar-refractivity contribution in [1.82, 2.24) is 5.32 Å². The molecule has 0 atom stereocenters. The maximum absolute atomic E-state index is 12.5. The van der Waals surface area contributed by atoms with Crippen LogP contribution in [-0.4, -0.2) is 33.3 Å². The number of hydrogen-bond donors (Lipinski definition) is 1. The Labute approximate surface area is 148 Å². The summed E-state index contributed by atoms with van der Waals surface area (Å²) in [6.45, 7) is 6.91. The molecule has 0 aliphatic heterocycles. The largest absolute Gasteiger partial charge is 0.496 e. The standard InChI is InChI=1S/C20H25NO4/c1-13-11-15(3)18(12-14(13)2)25-10-9-21-20(22)19-16(23-4)7-6-8-17(19)24-5/h6-8,11-12H,9-10H2,1-5H3,(H,21,22). The number of rotatable bonds is 7. The number of hydrogen-bond acceptors (Lipinski definition) is 4. The van der Waals surface area contributed by atoms with E-state index in [9.17, 15) is 4.79 Å². The monoisotopic (exact) mass is 343 g/mol. The van der Waals surface area contributed by atoms with Crippen LogP contribution in [0.15, 0.2) is 30.3 Å². The highest BCUT2D eigenvalue weighted by atomic mass is 16.5. The zero-order valence-electron chi connectivity index (χ0n) is 15.4. The second-order valence-electron chi connectivity index (χ2n) is 5.84. The van der Waals surface area contributed by atoms with Crippen molar-refractivity contribution in [2.45, 2.75) is 20.8 Å². The quantitative estimate of drug-likeness (QED) is 0.783. The summed E-state index contributed by atoms with van der Waals surface area (Å²) >= 11 is 0. The third-order valence-electron chi connectivity index (χ3n) is 4.09. The number of methoxy groups -OCH3 is 2. The molecule has 2 aromatic rings. The van der Waals surface area contributed by atoms with Crippen molar-refractivity contribution in [3.8, 4) is 17.2 Å². The zero-order valence-corrected chi connectivity index (χ0v) is 15.4. The molecule has 0 aromatic heterocycles. The maximum atomic E-state index is 12.5. The Balaban J connectivity index is 1.97. The van der Waals surface area contributed by atoms with Gasteiger partial charge in [-0.05, 0) is 55.7 Å². The Hall–Kier alpha value is -2.69. The second-order valence-corrected chi connectivity index (χ2v) is 5.84. The molecule has 0 saturated carbocycles. The number of ether oxygens (including phenoxy) is 3. The fourth-order valence-corrected chi connectivity index (χ4v) is 2.58. The van der Waals surface area contributed by atoms with Gasteiger partial charge >= 0.3 is 0 Å². The molecule has 0 saturated heterocycles. The third-order valence-corrected chi connectivity index (χ3v) is 4.09. The van der Waals surface area contributed by atoms with Crippen LogP contribution in [-0.2, 0) is 0 Å². The lowest BCUT2D eigenvalue weighted by molar-refractivity contribution is 0.0940. The predicted octanol–water partition coefficient (Wildman–Crippen LogP) is 3.44. The molecule has 5 nitrogen and oxygen atoms in total. The van der Waals surface area contributed by atoms with Gasteiger partial charge in [0.25, 0.3) is 5.91 Å². The van der Waals surface area contributed by atoms with Gasteiger partial charge in [0, 0.05) is 0 Å². The van der Waals surface area contributed by atoms with Crippen LogP contribution in [0.25, 0.3) is 0 Å². The van der Waals surface area contributed by atoms with Crippen LogP contribution >= 0.6 is 0 Å². The summed E-state index contributed by atoms with van der Waals surface area (Å²) in [5.41, 5.74) is 3.89. The van der Waals surface area contributed by atoms with Crippen LogP contribution in [0.1, 0.15) is 27.0 Å². The smallest absolute Gasteiger partial charge is 0.258 e. The van der Waals surface area contributed by atoms with E-state index in [2.05, 4.69) is 25.2 Å². The number of carbonyl (C=O) groups excluding carboxylic acids is 1. The molecule has 0 spiro atoms. The molecular formula is C20H25NO4. The van der Waals surface area contributed by atoms with E-state index in [0.717, 1.165) is 11.3 Å². The van der Waals surface area contributed by atoms with E-state index in [4.69, 9.17) is 14.2 Å². The molecule has 0 heterocycles. The van der Waals surface area contributed by atoms with Crippen molar-refractivity contribution < 1.29 is 19.0 Å². The Morgan fingerprint density at radius 3 is 2.12 bits per heavy atom. The number of aryl methyl sites for hydroxylation is 3. The fraction of sp³-hybridized carbons (Fsp3) is 0.350. The van der Waals surface area contributed by atoms with Gasteiger partial charge in [0.15, 0.2) is 0 Å². The van der Waals surface area contributed by atoms with Crippen molar-refractivity contribution >= 4 is 5.91 Å². The van der Waals surface area contributed by atoms with Gasteiger partial charge in [0.2, 0.25) is 0 Å². The lowest BCUT2D eigenvalue weighted by atomic mass is 10.1. The van der Waals surface area contributed by atoms with E-state index in [0.29, 0.717) is 30.2 Å². The number of amides is 1. The molecule has 0 aliphatic rings. The van der Waals surface area contributed by atoms with Crippen molar-refractivity contribution in [3.63, 3.8) is 0 Å². The molecule has 0 bridgehead atoms. The van der Waals surface area contributed by atoms with Crippen molar-refractivity contribution in [2.24, 2.45) is 0 Å². The van der Waals surface area contributed by atoms with E-state index in [1.807, 2.05) is 13.0 Å². The topological polar surface area (TPSA) is 56.8 Å². The Morgan fingerprint density at radius 2 is 1.52 bits per heavy atom. The SMILES string of the molecule is COc1cccc(OC)c1C(=O)NCCOc1cc(C)c(C)cc1C. The Morgan fingerprint density at radius 1 is 0.920 bits per heavy atom. The van der Waals surface area contributed by atoms with Crippen LogP contribution < -0.4 is 19.5 Å². The highest BCUT2D eigenvalue weighted by Crippen LogP contribution is 2.28. The summed E-state index contributed by atoms with van der Waals surface area (Å²) in [6.07, 6.45) is 0. The number of nitrogens with one attached hydrogen (secondary N) is 1. The van der Waals surface area contributed by atoms with Gasteiger partial charge in [-0.15, -0.1) is 0 Å². The van der Waals surface area contributed by atoms with Gasteiger partial charge in [0.1, 0.15) is 29.4 Å². The molecule has 134 valence electrons. The first kappa shape index (κ1) is 18.6. The summed E-state index contributed by atoms with van der Waals surface area (Å²) in [7, 11) is 3.05. The fourth-order valence-electron chi connectivity index (χ4n) is 2.58. The molecule has 1 amide bonds. The van der Waals surface area contributed by atoms with Crippen LogP contribution in [0.5, 0.6) is 17.2 Å². The minimum Gasteiger partial charge on any atom is -0.496 e. The average Bonchev–Trinajstić information content (AvgIpc) is 2.61. The zero-order chi connectivity index (χ0) is 18.4. The van der Waals surface area contributed by atoms with Gasteiger partial charge in [-0.1, -0.05) is 12.1 Å². The van der Waals surface area contributed by atoms with Gasteiger partial charge in [0.05, 0.1) is 20.8 Å². The third kappa shape index (κ3) is 4.44. The summed E-state index contributed by atoms with van der Waals surface area (Å²) in [5, 5.41) is 2.84. The molecular weight excluding hydrogens is 318 g/mol. The molecule has 0 fully saturated rings. The van der Waals surface area contributed by atoms with E-state index in [1.54, 1.807) is 18.2 Å². The van der Waals surface area contributed by atoms with Gasteiger partial charge < -0.3 is 19.5 Å². The molecule has 5 heteroatoms. The lowest BCUT2D eigenvalue weighted by Gasteiger charge is -2.14. The molecule has 2 rings (SSSR count). The van der Waals surface area contributed by atoms with E-state index in [-0.39, 0.29) is 5.91 Å². The minimum absolute atomic E-state index is 0.255. The van der Waals surface area contributed by atoms with Crippen LogP contribution in [0.3, 0.4) is 0 Å². The average molecular weight is 343 g/mol. The summed E-state index contributed by atoms with van der Waals surface area (Å²) in [5.74, 6) is 1.53. The van der Waals surface area contributed by atoms with Gasteiger partial charge in [-0.2, -0.15) is 0 Å². The highest BCUT2D eigenvalue weighted by Gasteiger charge is 2.17. The second kappa shape index (κ2) is 8.42. The highest BCUT2D eigenvalue weighted by molar-refractivity contribution is 5.99. The van der Waals surface area contributed by atoms with Crippen molar-refractivity contribution in [2.75, 3.05) is 27.4 Å². The van der Waals surface area contributed by atoms with Gasteiger partial charge in [-0.3, -0.25) is 4.79 Å². The van der Waals surface area contributed by atoms with E-state index in [1.165, 1.54) is 25.3 Å². The maximum Gasteiger partial charge on any atom is 0.258 e. The molecule has 0 radical (unpaired) electrons. The van der Waals surface area contributed by atoms with E-state index >= 15 is 0 Å². The van der Waals surface area contributed by atoms with Crippen LogP contribution in [0.2, 0.25) is 0 Å². The molecule has 0 unspecified atom stereocenters.